The lowest BCUT2D eigenvalue weighted by Gasteiger charge is -2.28. The summed E-state index contributed by atoms with van der Waals surface area (Å²) in [5, 5.41) is 0. The van der Waals surface area contributed by atoms with Crippen molar-refractivity contribution in [1.29, 1.82) is 0 Å². The molecule has 5 heteroatoms. The Morgan fingerprint density at radius 2 is 1.69 bits per heavy atom. The molecule has 2 rings (SSSR count). The fraction of sp³-hybridized carbons (Fsp3) is 0.375. The first-order chi connectivity index (χ1) is 13.7. The van der Waals surface area contributed by atoms with Gasteiger partial charge in [-0.25, -0.2) is 4.79 Å². The van der Waals surface area contributed by atoms with E-state index in [0.717, 1.165) is 11.1 Å². The standard InChI is InChI=1S/C24H31NO3S/c1-6-28-23(26)18(2)16-22(25-29(27)24(3,4)5)17-19-12-14-21(15-13-19)20-10-8-7-9-11-20/h7-15,22,25H,2,6,16-17H2,1,3-5H3/t22-,29+/m0/s1. The monoisotopic (exact) mass is 413 g/mol. The normalized spacial score (nSPS) is 13.6. The molecule has 0 unspecified atom stereocenters. The van der Waals surface area contributed by atoms with Gasteiger partial charge in [-0.2, -0.15) is 0 Å². The third-order valence-electron chi connectivity index (χ3n) is 4.43. The van der Waals surface area contributed by atoms with Crippen molar-refractivity contribution >= 4 is 17.3 Å². The molecule has 1 N–H and O–H groups in total. The first-order valence-corrected chi connectivity index (χ1v) is 11.0. The number of carbonyl (C=O) groups is 1. The largest absolute Gasteiger partial charge is 0.598 e. The Bertz CT molecular complexity index is 797. The van der Waals surface area contributed by atoms with Gasteiger partial charge in [0.05, 0.1) is 12.6 Å². The molecule has 29 heavy (non-hydrogen) atoms. The summed E-state index contributed by atoms with van der Waals surface area (Å²) in [6, 6.07) is 18.3. The lowest BCUT2D eigenvalue weighted by molar-refractivity contribution is -0.138. The van der Waals surface area contributed by atoms with Crippen LogP contribution in [0.5, 0.6) is 0 Å². The Hall–Kier alpha value is -2.08. The van der Waals surface area contributed by atoms with Crippen LogP contribution in [0, 0.1) is 0 Å². The number of rotatable bonds is 9. The lowest BCUT2D eigenvalue weighted by atomic mass is 9.98. The maximum atomic E-state index is 12.6. The maximum Gasteiger partial charge on any atom is 0.333 e. The summed E-state index contributed by atoms with van der Waals surface area (Å²) in [5.41, 5.74) is 3.80. The Morgan fingerprint density at radius 3 is 2.24 bits per heavy atom. The van der Waals surface area contributed by atoms with E-state index in [-0.39, 0.29) is 6.04 Å². The third-order valence-corrected chi connectivity index (χ3v) is 6.09. The molecule has 2 atom stereocenters. The van der Waals surface area contributed by atoms with E-state index in [1.54, 1.807) is 6.92 Å². The van der Waals surface area contributed by atoms with Gasteiger partial charge in [0.25, 0.3) is 0 Å². The van der Waals surface area contributed by atoms with Crippen molar-refractivity contribution < 1.29 is 14.1 Å². The molecular weight excluding hydrogens is 382 g/mol. The van der Waals surface area contributed by atoms with Gasteiger partial charge in [-0.05, 0) is 57.2 Å². The highest BCUT2D eigenvalue weighted by Crippen LogP contribution is 2.22. The van der Waals surface area contributed by atoms with Crippen LogP contribution in [0.1, 0.15) is 39.7 Å². The summed E-state index contributed by atoms with van der Waals surface area (Å²) in [7, 11) is 0. The second-order valence-corrected chi connectivity index (χ2v) is 9.99. The predicted molar refractivity (Wildman–Crippen MR) is 121 cm³/mol. The maximum absolute atomic E-state index is 12.6. The van der Waals surface area contributed by atoms with E-state index in [0.29, 0.717) is 25.0 Å². The summed E-state index contributed by atoms with van der Waals surface area (Å²) in [4.78, 5) is 12.0. The molecule has 0 fully saturated rings. The van der Waals surface area contributed by atoms with Gasteiger partial charge >= 0.3 is 5.97 Å². The number of benzene rings is 2. The number of hydrogen-bond donors (Lipinski definition) is 1. The average molecular weight is 414 g/mol. The van der Waals surface area contributed by atoms with Crippen LogP contribution in [0.2, 0.25) is 0 Å². The van der Waals surface area contributed by atoms with Crippen molar-refractivity contribution in [2.45, 2.75) is 51.3 Å². The summed E-state index contributed by atoms with van der Waals surface area (Å²) in [6.07, 6.45) is 1.01. The van der Waals surface area contributed by atoms with Crippen LogP contribution in [-0.4, -0.2) is 27.9 Å². The molecular formula is C24H31NO3S. The third kappa shape index (κ3) is 7.35. The van der Waals surface area contributed by atoms with Gasteiger partial charge in [0.2, 0.25) is 0 Å². The second kappa shape index (κ2) is 10.6. The molecule has 0 radical (unpaired) electrons. The highest BCUT2D eigenvalue weighted by Gasteiger charge is 2.30. The van der Waals surface area contributed by atoms with E-state index in [1.165, 1.54) is 5.56 Å². The van der Waals surface area contributed by atoms with E-state index in [4.69, 9.17) is 4.74 Å². The highest BCUT2D eigenvalue weighted by atomic mass is 32.2. The van der Waals surface area contributed by atoms with E-state index < -0.39 is 22.1 Å². The molecule has 0 bridgehead atoms. The van der Waals surface area contributed by atoms with Crippen LogP contribution in [-0.2, 0) is 27.3 Å². The molecule has 0 spiro atoms. The summed E-state index contributed by atoms with van der Waals surface area (Å²) in [6.45, 7) is 11.7. The minimum atomic E-state index is -1.25. The van der Waals surface area contributed by atoms with Crippen molar-refractivity contribution in [2.75, 3.05) is 6.61 Å². The van der Waals surface area contributed by atoms with Crippen LogP contribution in [0.3, 0.4) is 0 Å². The first kappa shape index (κ1) is 23.2. The molecule has 0 aromatic heterocycles. The Labute approximate surface area is 177 Å². The van der Waals surface area contributed by atoms with Gasteiger partial charge in [0.1, 0.15) is 4.75 Å². The van der Waals surface area contributed by atoms with E-state index in [9.17, 15) is 9.35 Å². The van der Waals surface area contributed by atoms with Gasteiger partial charge < -0.3 is 9.29 Å². The molecule has 0 heterocycles. The van der Waals surface area contributed by atoms with Gasteiger partial charge in [0.15, 0.2) is 0 Å². The molecule has 0 aliphatic rings. The minimum Gasteiger partial charge on any atom is -0.598 e. The van der Waals surface area contributed by atoms with Crippen molar-refractivity contribution in [3.8, 4) is 11.1 Å². The fourth-order valence-electron chi connectivity index (χ4n) is 2.85. The molecule has 2 aromatic rings. The van der Waals surface area contributed by atoms with Gasteiger partial charge in [-0.1, -0.05) is 61.2 Å². The van der Waals surface area contributed by atoms with Crippen LogP contribution < -0.4 is 4.72 Å². The summed E-state index contributed by atoms with van der Waals surface area (Å²) < 4.78 is 20.5. The van der Waals surface area contributed by atoms with Gasteiger partial charge in [0, 0.05) is 16.9 Å². The number of esters is 1. The number of carbonyl (C=O) groups excluding carboxylic acids is 1. The first-order valence-electron chi connectivity index (χ1n) is 9.88. The van der Waals surface area contributed by atoms with Gasteiger partial charge in [-0.15, -0.1) is 4.72 Å². The molecule has 2 aromatic carbocycles. The van der Waals surface area contributed by atoms with Gasteiger partial charge in [-0.3, -0.25) is 0 Å². The Balaban J connectivity index is 2.13. The number of nitrogens with one attached hydrogen (secondary N) is 1. The van der Waals surface area contributed by atoms with Crippen molar-refractivity contribution in [2.24, 2.45) is 0 Å². The average Bonchev–Trinajstić information content (AvgIpc) is 2.68. The van der Waals surface area contributed by atoms with E-state index in [2.05, 4.69) is 47.7 Å². The zero-order valence-corrected chi connectivity index (χ0v) is 18.6. The van der Waals surface area contributed by atoms with Crippen LogP contribution >= 0.6 is 0 Å². The zero-order valence-electron chi connectivity index (χ0n) is 17.7. The van der Waals surface area contributed by atoms with Crippen molar-refractivity contribution in [1.82, 2.24) is 4.72 Å². The molecule has 4 nitrogen and oxygen atoms in total. The van der Waals surface area contributed by atoms with E-state index >= 15 is 0 Å². The fourth-order valence-corrected chi connectivity index (χ4v) is 3.67. The zero-order chi connectivity index (χ0) is 21.4. The Morgan fingerprint density at radius 1 is 1.10 bits per heavy atom. The molecule has 0 aliphatic carbocycles. The molecule has 0 aliphatic heterocycles. The van der Waals surface area contributed by atoms with Crippen LogP contribution in [0.15, 0.2) is 66.7 Å². The molecule has 0 saturated carbocycles. The smallest absolute Gasteiger partial charge is 0.333 e. The highest BCUT2D eigenvalue weighted by molar-refractivity contribution is 7.90. The van der Waals surface area contributed by atoms with Crippen LogP contribution in [0.25, 0.3) is 11.1 Å². The quantitative estimate of drug-likeness (QED) is 0.363. The lowest BCUT2D eigenvalue weighted by Crippen LogP contribution is -2.45. The molecule has 0 amide bonds. The van der Waals surface area contributed by atoms with Crippen molar-refractivity contribution in [3.63, 3.8) is 0 Å². The molecule has 156 valence electrons. The van der Waals surface area contributed by atoms with Crippen LogP contribution in [0.4, 0.5) is 0 Å². The predicted octanol–water partition coefficient (Wildman–Crippen LogP) is 4.83. The topological polar surface area (TPSA) is 61.4 Å². The van der Waals surface area contributed by atoms with E-state index in [1.807, 2.05) is 39.0 Å². The number of hydrogen-bond acceptors (Lipinski definition) is 4. The van der Waals surface area contributed by atoms with Crippen molar-refractivity contribution in [3.05, 3.63) is 72.3 Å². The SMILES string of the molecule is C=C(C[C@@H](Cc1ccc(-c2ccccc2)cc1)N[S@+]([O-])C(C)(C)C)C(=O)OCC. The molecule has 0 saturated heterocycles. The Kier molecular flexibility index (Phi) is 8.50. The second-order valence-electron chi connectivity index (χ2n) is 7.99. The summed E-state index contributed by atoms with van der Waals surface area (Å²) >= 11 is -1.25. The summed E-state index contributed by atoms with van der Waals surface area (Å²) in [5.74, 6) is -0.403. The minimum absolute atomic E-state index is 0.186. The number of ether oxygens (including phenoxy) is 1.